The van der Waals surface area contributed by atoms with Crippen LogP contribution in [0.15, 0.2) is 35.9 Å². The number of carbonyl (C=O) groups excluding carboxylic acids is 1. The number of pyridine rings is 1. The molecule has 1 unspecified atom stereocenters. The van der Waals surface area contributed by atoms with Crippen molar-refractivity contribution in [1.82, 2.24) is 20.1 Å². The van der Waals surface area contributed by atoms with Gasteiger partial charge >= 0.3 is 6.18 Å². The first-order chi connectivity index (χ1) is 13.1. The lowest BCUT2D eigenvalue weighted by Gasteiger charge is -2.37. The molecule has 0 saturated carbocycles. The van der Waals surface area contributed by atoms with Crippen LogP contribution < -0.4 is 16.6 Å². The molecule has 1 aliphatic rings. The first kappa shape index (κ1) is 19.6. The summed E-state index contributed by atoms with van der Waals surface area (Å²) in [6.45, 7) is 1.53. The van der Waals surface area contributed by atoms with Crippen LogP contribution in [0.2, 0.25) is 0 Å². The molecule has 5 N–H and O–H groups in total. The minimum Gasteiger partial charge on any atom is -0.399 e. The molecule has 0 aliphatic carbocycles. The van der Waals surface area contributed by atoms with Crippen LogP contribution in [0, 0.1) is 5.82 Å². The Kier molecular flexibility index (Phi) is 4.98. The first-order valence-electron chi connectivity index (χ1n) is 8.16. The minimum absolute atomic E-state index is 0.128. The molecule has 2 aromatic rings. The van der Waals surface area contributed by atoms with E-state index < -0.39 is 35.2 Å². The van der Waals surface area contributed by atoms with Gasteiger partial charge in [0, 0.05) is 36.6 Å². The van der Waals surface area contributed by atoms with E-state index in [0.29, 0.717) is 11.5 Å². The Hall–Kier alpha value is -3.15. The van der Waals surface area contributed by atoms with Crippen LogP contribution in [-0.4, -0.2) is 38.6 Å². The highest BCUT2D eigenvalue weighted by atomic mass is 19.4. The van der Waals surface area contributed by atoms with Crippen LogP contribution >= 0.6 is 0 Å². The molecule has 1 atom stereocenters. The second-order valence-electron chi connectivity index (χ2n) is 6.28. The SMILES string of the molecule is CC1CC(N(N)c2cc[nH]n2)=C(N)CN1C(=O)c1ccnc(C(F)(F)F)c1F. The van der Waals surface area contributed by atoms with Crippen molar-refractivity contribution in [2.45, 2.75) is 25.6 Å². The lowest BCUT2D eigenvalue weighted by Crippen LogP contribution is -2.48. The molecule has 0 bridgehead atoms. The topological polar surface area (TPSA) is 117 Å². The van der Waals surface area contributed by atoms with Gasteiger partial charge in [0.1, 0.15) is 0 Å². The summed E-state index contributed by atoms with van der Waals surface area (Å²) >= 11 is 0. The third-order valence-electron chi connectivity index (χ3n) is 4.40. The number of amides is 1. The first-order valence-corrected chi connectivity index (χ1v) is 8.16. The van der Waals surface area contributed by atoms with Gasteiger partial charge in [0.25, 0.3) is 5.91 Å². The van der Waals surface area contributed by atoms with Crippen molar-refractivity contribution in [2.24, 2.45) is 11.6 Å². The Morgan fingerprint density at radius 1 is 1.39 bits per heavy atom. The Balaban J connectivity index is 1.89. The number of halogens is 4. The van der Waals surface area contributed by atoms with E-state index in [4.69, 9.17) is 11.6 Å². The molecule has 2 aromatic heterocycles. The number of nitrogens with one attached hydrogen (secondary N) is 1. The van der Waals surface area contributed by atoms with Crippen LogP contribution in [-0.2, 0) is 6.18 Å². The number of carbonyl (C=O) groups is 1. The summed E-state index contributed by atoms with van der Waals surface area (Å²) in [6.07, 6.45) is -2.49. The Morgan fingerprint density at radius 3 is 2.71 bits per heavy atom. The summed E-state index contributed by atoms with van der Waals surface area (Å²) in [5, 5.41) is 7.81. The van der Waals surface area contributed by atoms with Crippen molar-refractivity contribution >= 4 is 11.7 Å². The number of anilines is 1. The summed E-state index contributed by atoms with van der Waals surface area (Å²) < 4.78 is 52.9. The molecule has 3 rings (SSSR count). The molecule has 0 fully saturated rings. The predicted octanol–water partition coefficient (Wildman–Crippen LogP) is 1.75. The van der Waals surface area contributed by atoms with Gasteiger partial charge in [-0.1, -0.05) is 0 Å². The van der Waals surface area contributed by atoms with Crippen LogP contribution in [0.4, 0.5) is 23.4 Å². The zero-order valence-electron chi connectivity index (χ0n) is 14.7. The summed E-state index contributed by atoms with van der Waals surface area (Å²) in [4.78, 5) is 16.9. The van der Waals surface area contributed by atoms with Crippen molar-refractivity contribution in [1.29, 1.82) is 0 Å². The van der Waals surface area contributed by atoms with Crippen molar-refractivity contribution in [3.05, 3.63) is 53.0 Å². The zero-order valence-corrected chi connectivity index (χ0v) is 14.7. The van der Waals surface area contributed by atoms with Gasteiger partial charge in [-0.15, -0.1) is 0 Å². The van der Waals surface area contributed by atoms with Gasteiger partial charge in [-0.25, -0.2) is 15.2 Å². The Bertz CT molecular complexity index is 910. The molecule has 12 heteroatoms. The smallest absolute Gasteiger partial charge is 0.399 e. The lowest BCUT2D eigenvalue weighted by atomic mass is 10.0. The van der Waals surface area contributed by atoms with Gasteiger partial charge < -0.3 is 10.6 Å². The van der Waals surface area contributed by atoms with Crippen molar-refractivity contribution in [2.75, 3.05) is 11.6 Å². The van der Waals surface area contributed by atoms with E-state index in [1.165, 1.54) is 9.91 Å². The van der Waals surface area contributed by atoms with Crippen LogP contribution in [0.25, 0.3) is 0 Å². The Morgan fingerprint density at radius 2 is 2.11 bits per heavy atom. The highest BCUT2D eigenvalue weighted by molar-refractivity contribution is 5.95. The highest BCUT2D eigenvalue weighted by Gasteiger charge is 2.39. The summed E-state index contributed by atoms with van der Waals surface area (Å²) in [5.74, 6) is 3.79. The molecule has 28 heavy (non-hydrogen) atoms. The van der Waals surface area contributed by atoms with Crippen LogP contribution in [0.5, 0.6) is 0 Å². The molecule has 0 spiro atoms. The number of hydrazine groups is 1. The molecular weight excluding hydrogens is 382 g/mol. The van der Waals surface area contributed by atoms with E-state index in [9.17, 15) is 22.4 Å². The predicted molar refractivity (Wildman–Crippen MR) is 90.8 cm³/mol. The second-order valence-corrected chi connectivity index (χ2v) is 6.28. The van der Waals surface area contributed by atoms with Gasteiger partial charge in [0.15, 0.2) is 17.3 Å². The number of aromatic nitrogens is 3. The maximum Gasteiger partial charge on any atom is 0.436 e. The largest absolute Gasteiger partial charge is 0.436 e. The van der Waals surface area contributed by atoms with Crippen molar-refractivity contribution in [3.63, 3.8) is 0 Å². The highest BCUT2D eigenvalue weighted by Crippen LogP contribution is 2.32. The number of alkyl halides is 3. The fourth-order valence-electron chi connectivity index (χ4n) is 2.96. The van der Waals surface area contributed by atoms with Gasteiger partial charge in [-0.05, 0) is 13.0 Å². The molecule has 150 valence electrons. The minimum atomic E-state index is -5.01. The number of H-pyrrole nitrogens is 1. The fourth-order valence-corrected chi connectivity index (χ4v) is 2.96. The number of rotatable bonds is 3. The molecule has 0 saturated heterocycles. The van der Waals surface area contributed by atoms with E-state index in [2.05, 4.69) is 15.2 Å². The van der Waals surface area contributed by atoms with E-state index in [1.807, 2.05) is 0 Å². The third kappa shape index (κ3) is 3.50. The van der Waals surface area contributed by atoms with Gasteiger partial charge in [0.05, 0.1) is 17.8 Å². The molecule has 3 heterocycles. The number of hydrogen-bond donors (Lipinski definition) is 3. The summed E-state index contributed by atoms with van der Waals surface area (Å²) in [5.41, 5.74) is 4.31. The maximum absolute atomic E-state index is 14.3. The maximum atomic E-state index is 14.3. The quantitative estimate of drug-likeness (QED) is 0.411. The summed E-state index contributed by atoms with van der Waals surface area (Å²) in [7, 11) is 0. The Labute approximate surface area is 156 Å². The third-order valence-corrected chi connectivity index (χ3v) is 4.40. The standard InChI is InChI=1S/C16H17F4N7O/c1-8-6-11(27(22)12-3-5-24-25-12)10(21)7-26(8)15(28)9-2-4-23-14(13(9)17)16(18,19)20/h2-5,8H,6-7,21-22H2,1H3,(H,24,25). The summed E-state index contributed by atoms with van der Waals surface area (Å²) in [6, 6.07) is 2.03. The van der Waals surface area contributed by atoms with Gasteiger partial charge in [0.2, 0.25) is 0 Å². The average molecular weight is 399 g/mol. The fraction of sp³-hybridized carbons (Fsp3) is 0.312. The number of aromatic amines is 1. The zero-order chi connectivity index (χ0) is 20.6. The van der Waals surface area contributed by atoms with E-state index >= 15 is 0 Å². The number of nitrogens with two attached hydrogens (primary N) is 2. The van der Waals surface area contributed by atoms with E-state index in [0.717, 1.165) is 12.3 Å². The van der Waals surface area contributed by atoms with Crippen LogP contribution in [0.3, 0.4) is 0 Å². The molecule has 8 nitrogen and oxygen atoms in total. The second kappa shape index (κ2) is 7.11. The van der Waals surface area contributed by atoms with Gasteiger partial charge in [-0.2, -0.15) is 18.3 Å². The van der Waals surface area contributed by atoms with Crippen LogP contribution in [0.1, 0.15) is 29.4 Å². The molecule has 1 amide bonds. The number of nitrogens with zero attached hydrogens (tertiary/aromatic N) is 4. The average Bonchev–Trinajstić information content (AvgIpc) is 3.16. The monoisotopic (exact) mass is 399 g/mol. The lowest BCUT2D eigenvalue weighted by molar-refractivity contribution is -0.143. The van der Waals surface area contributed by atoms with Crippen molar-refractivity contribution in [3.8, 4) is 0 Å². The van der Waals surface area contributed by atoms with Gasteiger partial charge in [-0.3, -0.25) is 14.9 Å². The molecule has 0 radical (unpaired) electrons. The van der Waals surface area contributed by atoms with E-state index in [1.54, 1.807) is 19.2 Å². The van der Waals surface area contributed by atoms with Crippen molar-refractivity contribution < 1.29 is 22.4 Å². The molecule has 1 aliphatic heterocycles. The number of hydrogen-bond acceptors (Lipinski definition) is 6. The normalized spacial score (nSPS) is 17.8. The molecular formula is C16H17F4N7O. The van der Waals surface area contributed by atoms with E-state index in [-0.39, 0.29) is 18.7 Å². The molecule has 0 aromatic carbocycles.